The summed E-state index contributed by atoms with van der Waals surface area (Å²) >= 11 is 3.35. The van der Waals surface area contributed by atoms with Crippen LogP contribution in [0.5, 0.6) is 0 Å². The second-order valence-electron chi connectivity index (χ2n) is 4.09. The van der Waals surface area contributed by atoms with Crippen molar-refractivity contribution in [1.82, 2.24) is 4.98 Å². The molecule has 1 aromatic heterocycles. The molecule has 76 valence electrons. The molecule has 0 N–H and O–H groups in total. The van der Waals surface area contributed by atoms with Crippen molar-refractivity contribution >= 4 is 15.9 Å². The number of aromatic nitrogens is 1. The van der Waals surface area contributed by atoms with Gasteiger partial charge in [0.25, 0.3) is 0 Å². The van der Waals surface area contributed by atoms with Gasteiger partial charge in [-0.15, -0.1) is 0 Å². The SMILES string of the molecule is N#CC1(c2ccc(Br)cn2)[C@@H]2COC[C@@H]21. The van der Waals surface area contributed by atoms with E-state index in [-0.39, 0.29) is 5.41 Å². The number of rotatable bonds is 1. The second-order valence-corrected chi connectivity index (χ2v) is 5.01. The van der Waals surface area contributed by atoms with Crippen LogP contribution in [0, 0.1) is 23.2 Å². The molecule has 2 heterocycles. The molecule has 1 aromatic rings. The third-order valence-corrected chi connectivity index (χ3v) is 3.95. The molecular weight excluding hydrogens is 256 g/mol. The fraction of sp³-hybridized carbons (Fsp3) is 0.455. The van der Waals surface area contributed by atoms with Crippen LogP contribution < -0.4 is 0 Å². The number of fused-ring (bicyclic) bond motifs is 1. The van der Waals surface area contributed by atoms with Crippen LogP contribution in [0.25, 0.3) is 0 Å². The molecule has 1 unspecified atom stereocenters. The van der Waals surface area contributed by atoms with Gasteiger partial charge in [0.1, 0.15) is 5.41 Å². The maximum absolute atomic E-state index is 9.33. The van der Waals surface area contributed by atoms with E-state index >= 15 is 0 Å². The van der Waals surface area contributed by atoms with Crippen molar-refractivity contribution in [3.05, 3.63) is 28.5 Å². The minimum absolute atomic E-state index is 0.358. The minimum atomic E-state index is -0.362. The lowest BCUT2D eigenvalue weighted by Gasteiger charge is -2.11. The number of halogens is 1. The third kappa shape index (κ3) is 1.11. The average molecular weight is 265 g/mol. The van der Waals surface area contributed by atoms with Gasteiger partial charge in [-0.25, -0.2) is 0 Å². The van der Waals surface area contributed by atoms with Crippen LogP contribution in [-0.2, 0) is 10.2 Å². The zero-order valence-corrected chi connectivity index (χ0v) is 9.57. The van der Waals surface area contributed by atoms with Gasteiger partial charge in [0.05, 0.1) is 25.0 Å². The summed E-state index contributed by atoms with van der Waals surface area (Å²) in [4.78, 5) is 4.34. The van der Waals surface area contributed by atoms with Crippen LogP contribution in [0.3, 0.4) is 0 Å². The Kier molecular flexibility index (Phi) is 1.88. The van der Waals surface area contributed by atoms with E-state index in [0.29, 0.717) is 25.0 Å². The van der Waals surface area contributed by atoms with Crippen molar-refractivity contribution in [3.63, 3.8) is 0 Å². The molecule has 0 bridgehead atoms. The first-order valence-corrected chi connectivity index (χ1v) is 5.69. The van der Waals surface area contributed by atoms with E-state index < -0.39 is 0 Å². The highest BCUT2D eigenvalue weighted by Crippen LogP contribution is 2.62. The quantitative estimate of drug-likeness (QED) is 0.778. The standard InChI is InChI=1S/C11H9BrN2O/c12-7-1-2-10(14-3-7)11(6-13)8-4-15-5-9(8)11/h1-3,8-9H,4-5H2/t8-,9+,11?. The van der Waals surface area contributed by atoms with Crippen molar-refractivity contribution in [3.8, 4) is 6.07 Å². The first-order chi connectivity index (χ1) is 7.29. The number of pyridine rings is 1. The average Bonchev–Trinajstić information content (AvgIpc) is 2.65. The molecule has 15 heavy (non-hydrogen) atoms. The minimum Gasteiger partial charge on any atom is -0.381 e. The van der Waals surface area contributed by atoms with Gasteiger partial charge < -0.3 is 4.74 Å². The predicted molar refractivity (Wildman–Crippen MR) is 57.0 cm³/mol. The fourth-order valence-electron chi connectivity index (χ4n) is 2.58. The van der Waals surface area contributed by atoms with E-state index in [1.165, 1.54) is 0 Å². The molecule has 2 fully saturated rings. The summed E-state index contributed by atoms with van der Waals surface area (Å²) in [5.74, 6) is 0.715. The lowest BCUT2D eigenvalue weighted by molar-refractivity contribution is 0.151. The van der Waals surface area contributed by atoms with E-state index in [9.17, 15) is 5.26 Å². The summed E-state index contributed by atoms with van der Waals surface area (Å²) in [5, 5.41) is 9.33. The van der Waals surface area contributed by atoms with Crippen molar-refractivity contribution in [2.45, 2.75) is 5.41 Å². The highest BCUT2D eigenvalue weighted by molar-refractivity contribution is 9.10. The van der Waals surface area contributed by atoms with Crippen LogP contribution in [0.4, 0.5) is 0 Å². The van der Waals surface area contributed by atoms with Crippen molar-refractivity contribution in [2.75, 3.05) is 13.2 Å². The molecule has 3 rings (SSSR count). The van der Waals surface area contributed by atoms with Crippen LogP contribution >= 0.6 is 15.9 Å². The van der Waals surface area contributed by atoms with E-state index in [0.717, 1.165) is 10.2 Å². The lowest BCUT2D eigenvalue weighted by Crippen LogP contribution is -2.17. The van der Waals surface area contributed by atoms with E-state index in [2.05, 4.69) is 27.0 Å². The third-order valence-electron chi connectivity index (χ3n) is 3.48. The van der Waals surface area contributed by atoms with Crippen molar-refractivity contribution in [2.24, 2.45) is 11.8 Å². The molecular formula is C11H9BrN2O. The maximum atomic E-state index is 9.33. The zero-order valence-electron chi connectivity index (χ0n) is 7.98. The Bertz CT molecular complexity index is 427. The van der Waals surface area contributed by atoms with E-state index in [1.807, 2.05) is 12.1 Å². The first kappa shape index (κ1) is 9.32. The molecule has 3 nitrogen and oxygen atoms in total. The topological polar surface area (TPSA) is 45.9 Å². The molecule has 0 aromatic carbocycles. The number of nitriles is 1. The smallest absolute Gasteiger partial charge is 0.110 e. The molecule has 1 saturated carbocycles. The second kappa shape index (κ2) is 3.03. The van der Waals surface area contributed by atoms with E-state index in [1.54, 1.807) is 6.20 Å². The lowest BCUT2D eigenvalue weighted by atomic mass is 9.98. The molecule has 1 aliphatic carbocycles. The molecule has 1 aliphatic heterocycles. The molecule has 4 heteroatoms. The fourth-order valence-corrected chi connectivity index (χ4v) is 2.81. The van der Waals surface area contributed by atoms with Gasteiger partial charge in [0.2, 0.25) is 0 Å². The van der Waals surface area contributed by atoms with Gasteiger partial charge in [-0.1, -0.05) is 0 Å². The maximum Gasteiger partial charge on any atom is 0.110 e. The number of ether oxygens (including phenoxy) is 1. The predicted octanol–water partition coefficient (Wildman–Crippen LogP) is 1.88. The Morgan fingerprint density at radius 1 is 1.47 bits per heavy atom. The highest BCUT2D eigenvalue weighted by atomic mass is 79.9. The van der Waals surface area contributed by atoms with Crippen molar-refractivity contribution in [1.29, 1.82) is 5.26 Å². The van der Waals surface area contributed by atoms with Crippen LogP contribution in [-0.4, -0.2) is 18.2 Å². The number of hydrogen-bond acceptors (Lipinski definition) is 3. The first-order valence-electron chi connectivity index (χ1n) is 4.90. The Balaban J connectivity index is 2.00. The van der Waals surface area contributed by atoms with Gasteiger partial charge in [0.15, 0.2) is 0 Å². The van der Waals surface area contributed by atoms with Crippen molar-refractivity contribution < 1.29 is 4.74 Å². The molecule has 0 radical (unpaired) electrons. The highest BCUT2D eigenvalue weighted by Gasteiger charge is 2.70. The van der Waals surface area contributed by atoms with Crippen LogP contribution in [0.1, 0.15) is 5.69 Å². The Morgan fingerprint density at radius 2 is 2.20 bits per heavy atom. The number of hydrogen-bond donors (Lipinski definition) is 0. The summed E-state index contributed by atoms with van der Waals surface area (Å²) in [7, 11) is 0. The Hall–Kier alpha value is -0.920. The summed E-state index contributed by atoms with van der Waals surface area (Å²) in [6.07, 6.45) is 1.75. The summed E-state index contributed by atoms with van der Waals surface area (Å²) in [6.45, 7) is 1.41. The summed E-state index contributed by atoms with van der Waals surface area (Å²) in [5.41, 5.74) is 0.533. The van der Waals surface area contributed by atoms with Gasteiger partial charge in [-0.3, -0.25) is 4.98 Å². The Labute approximate surface area is 96.2 Å². The van der Waals surface area contributed by atoms with Gasteiger partial charge in [-0.05, 0) is 28.1 Å². The van der Waals surface area contributed by atoms with Gasteiger partial charge >= 0.3 is 0 Å². The Morgan fingerprint density at radius 3 is 2.73 bits per heavy atom. The largest absolute Gasteiger partial charge is 0.381 e. The van der Waals surface area contributed by atoms with Crippen LogP contribution in [0.2, 0.25) is 0 Å². The van der Waals surface area contributed by atoms with E-state index in [4.69, 9.17) is 4.74 Å². The summed E-state index contributed by atoms with van der Waals surface area (Å²) < 4.78 is 6.27. The van der Waals surface area contributed by atoms with Gasteiger partial charge in [-0.2, -0.15) is 5.26 Å². The molecule has 0 amide bonds. The van der Waals surface area contributed by atoms with Crippen LogP contribution in [0.15, 0.2) is 22.8 Å². The van der Waals surface area contributed by atoms with Gasteiger partial charge in [0, 0.05) is 22.5 Å². The molecule has 1 saturated heterocycles. The molecule has 2 aliphatic rings. The monoisotopic (exact) mass is 264 g/mol. The summed E-state index contributed by atoms with van der Waals surface area (Å²) in [6, 6.07) is 6.31. The normalized spacial score (nSPS) is 37.1. The molecule has 0 spiro atoms. The zero-order chi connectivity index (χ0) is 10.5. The molecule has 3 atom stereocenters. The number of nitrogens with zero attached hydrogens (tertiary/aromatic N) is 2.